The lowest BCUT2D eigenvalue weighted by atomic mass is 10.1. The van der Waals surface area contributed by atoms with E-state index in [1.165, 1.54) is 22.7 Å². The minimum atomic E-state index is -0.319. The predicted molar refractivity (Wildman–Crippen MR) is 126 cm³/mol. The number of ether oxygens (including phenoxy) is 2. The van der Waals surface area contributed by atoms with E-state index in [0.29, 0.717) is 37.5 Å². The van der Waals surface area contributed by atoms with Crippen LogP contribution in [0.4, 0.5) is 10.1 Å². The fourth-order valence-corrected chi connectivity index (χ4v) is 4.35. The van der Waals surface area contributed by atoms with Gasteiger partial charge >= 0.3 is 0 Å². The maximum Gasteiger partial charge on any atom is 0.270 e. The van der Waals surface area contributed by atoms with Crippen LogP contribution in [0.5, 0.6) is 11.5 Å². The average Bonchev–Trinajstić information content (AvgIpc) is 3.07. The van der Waals surface area contributed by atoms with E-state index >= 15 is 0 Å². The summed E-state index contributed by atoms with van der Waals surface area (Å²) in [7, 11) is 1.59. The highest BCUT2D eigenvalue weighted by molar-refractivity contribution is 8.27. The molecule has 4 nitrogen and oxygen atoms in total. The largest absolute Gasteiger partial charge is 0.497 e. The van der Waals surface area contributed by atoms with Crippen LogP contribution in [0, 0.1) is 5.82 Å². The van der Waals surface area contributed by atoms with Crippen LogP contribution in [0.3, 0.4) is 0 Å². The number of methoxy groups -OCH3 is 1. The molecule has 3 aromatic carbocycles. The number of benzene rings is 3. The van der Waals surface area contributed by atoms with E-state index in [1.54, 1.807) is 61.7 Å². The van der Waals surface area contributed by atoms with E-state index in [0.717, 1.165) is 0 Å². The molecule has 0 aliphatic carbocycles. The van der Waals surface area contributed by atoms with Crippen molar-refractivity contribution < 1.29 is 18.7 Å². The van der Waals surface area contributed by atoms with Gasteiger partial charge < -0.3 is 9.47 Å². The molecule has 156 valence electrons. The van der Waals surface area contributed by atoms with E-state index in [-0.39, 0.29) is 18.3 Å². The summed E-state index contributed by atoms with van der Waals surface area (Å²) in [5.41, 5.74) is 1.85. The van der Waals surface area contributed by atoms with Crippen molar-refractivity contribution in [1.29, 1.82) is 0 Å². The monoisotopic (exact) mass is 451 g/mol. The van der Waals surface area contributed by atoms with Crippen molar-refractivity contribution >= 4 is 46.0 Å². The number of hydrogen-bond donors (Lipinski definition) is 0. The molecule has 31 heavy (non-hydrogen) atoms. The third-order valence-electron chi connectivity index (χ3n) is 4.67. The zero-order valence-corrected chi connectivity index (χ0v) is 18.2. The number of thioether (sulfide) groups is 1. The molecule has 0 bridgehead atoms. The van der Waals surface area contributed by atoms with Crippen LogP contribution in [-0.4, -0.2) is 17.3 Å². The molecule has 1 aliphatic heterocycles. The highest BCUT2D eigenvalue weighted by Crippen LogP contribution is 2.37. The van der Waals surface area contributed by atoms with E-state index in [4.69, 9.17) is 21.7 Å². The topological polar surface area (TPSA) is 38.8 Å². The van der Waals surface area contributed by atoms with Crippen molar-refractivity contribution in [3.8, 4) is 11.5 Å². The summed E-state index contributed by atoms with van der Waals surface area (Å²) in [6, 6.07) is 20.9. The molecule has 0 aromatic heterocycles. The first kappa shape index (κ1) is 21.1. The molecular weight excluding hydrogens is 433 g/mol. The molecule has 1 amide bonds. The molecular formula is C24H18FNO3S2. The van der Waals surface area contributed by atoms with Gasteiger partial charge in [-0.05, 0) is 42.5 Å². The van der Waals surface area contributed by atoms with Crippen molar-refractivity contribution in [3.63, 3.8) is 0 Å². The quantitative estimate of drug-likeness (QED) is 0.349. The number of anilines is 1. The number of carbonyl (C=O) groups is 1. The molecule has 0 N–H and O–H groups in total. The number of hydrogen-bond acceptors (Lipinski definition) is 5. The number of amides is 1. The van der Waals surface area contributed by atoms with Crippen molar-refractivity contribution in [1.82, 2.24) is 0 Å². The summed E-state index contributed by atoms with van der Waals surface area (Å²) in [6.45, 7) is 0.0876. The highest BCUT2D eigenvalue weighted by Gasteiger charge is 2.33. The Kier molecular flexibility index (Phi) is 6.34. The van der Waals surface area contributed by atoms with Gasteiger partial charge in [0.05, 0.1) is 17.7 Å². The maximum atomic E-state index is 13.9. The van der Waals surface area contributed by atoms with Crippen LogP contribution in [0.15, 0.2) is 77.7 Å². The third-order valence-corrected chi connectivity index (χ3v) is 5.97. The van der Waals surface area contributed by atoms with E-state index in [2.05, 4.69) is 0 Å². The van der Waals surface area contributed by atoms with Gasteiger partial charge in [0, 0.05) is 11.1 Å². The van der Waals surface area contributed by atoms with Gasteiger partial charge in [0.1, 0.15) is 23.9 Å². The van der Waals surface area contributed by atoms with Gasteiger partial charge in [-0.25, -0.2) is 4.39 Å². The van der Waals surface area contributed by atoms with Crippen molar-refractivity contribution in [3.05, 3.63) is 94.6 Å². The summed E-state index contributed by atoms with van der Waals surface area (Å²) in [4.78, 5) is 15.0. The van der Waals surface area contributed by atoms with Crippen molar-refractivity contribution in [2.24, 2.45) is 0 Å². The Bertz CT molecular complexity index is 1160. The minimum Gasteiger partial charge on any atom is -0.497 e. The van der Waals surface area contributed by atoms with Gasteiger partial charge in [-0.1, -0.05) is 60.4 Å². The van der Waals surface area contributed by atoms with Crippen LogP contribution >= 0.6 is 24.0 Å². The van der Waals surface area contributed by atoms with E-state index < -0.39 is 0 Å². The number of thiocarbonyl (C=S) groups is 1. The van der Waals surface area contributed by atoms with E-state index in [9.17, 15) is 9.18 Å². The molecule has 7 heteroatoms. The second-order valence-electron chi connectivity index (χ2n) is 6.63. The number of para-hydroxylation sites is 1. The molecule has 0 atom stereocenters. The smallest absolute Gasteiger partial charge is 0.270 e. The lowest BCUT2D eigenvalue weighted by Gasteiger charge is -2.14. The molecule has 1 aliphatic rings. The van der Waals surface area contributed by atoms with Crippen LogP contribution in [-0.2, 0) is 11.4 Å². The summed E-state index contributed by atoms with van der Waals surface area (Å²) >= 11 is 6.67. The van der Waals surface area contributed by atoms with Crippen LogP contribution in [0.1, 0.15) is 11.1 Å². The van der Waals surface area contributed by atoms with Crippen molar-refractivity contribution in [2.45, 2.75) is 6.61 Å². The molecule has 1 fully saturated rings. The van der Waals surface area contributed by atoms with Gasteiger partial charge in [0.25, 0.3) is 5.91 Å². The predicted octanol–water partition coefficient (Wildman–Crippen LogP) is 5.82. The molecule has 0 saturated carbocycles. The average molecular weight is 452 g/mol. The number of rotatable bonds is 6. The summed E-state index contributed by atoms with van der Waals surface area (Å²) in [5.74, 6) is 0.732. The molecule has 1 saturated heterocycles. The molecule has 4 rings (SSSR count). The number of nitrogens with zero attached hydrogens (tertiary/aromatic N) is 1. The lowest BCUT2D eigenvalue weighted by molar-refractivity contribution is -0.113. The molecule has 0 spiro atoms. The van der Waals surface area contributed by atoms with Crippen LogP contribution in [0.25, 0.3) is 6.08 Å². The normalized spacial score (nSPS) is 14.9. The molecule has 0 unspecified atom stereocenters. The SMILES string of the molecule is COc1ccc(N2C(=O)/C(=C\c3ccccc3OCc3ccccc3F)SC2=S)cc1. The first-order valence-corrected chi connectivity index (χ1v) is 10.7. The second kappa shape index (κ2) is 9.32. The molecule has 1 heterocycles. The number of halogens is 1. The fraction of sp³-hybridized carbons (Fsp3) is 0.0833. The van der Waals surface area contributed by atoms with Gasteiger partial charge in [0.2, 0.25) is 0 Å². The Morgan fingerprint density at radius 3 is 2.48 bits per heavy atom. The minimum absolute atomic E-state index is 0.0876. The van der Waals surface area contributed by atoms with E-state index in [1.807, 2.05) is 18.2 Å². The third kappa shape index (κ3) is 4.62. The Labute approximate surface area is 189 Å². The Hall–Kier alpha value is -3.16. The Morgan fingerprint density at radius 2 is 1.74 bits per heavy atom. The number of carbonyl (C=O) groups excluding carboxylic acids is 1. The van der Waals surface area contributed by atoms with Gasteiger partial charge in [0.15, 0.2) is 4.32 Å². The first-order chi connectivity index (χ1) is 15.1. The molecule has 0 radical (unpaired) electrons. The summed E-state index contributed by atoms with van der Waals surface area (Å²) in [6.07, 6.45) is 1.75. The van der Waals surface area contributed by atoms with Gasteiger partial charge in [-0.2, -0.15) is 0 Å². The van der Waals surface area contributed by atoms with Crippen molar-refractivity contribution in [2.75, 3.05) is 12.0 Å². The van der Waals surface area contributed by atoms with Gasteiger partial charge in [-0.3, -0.25) is 9.69 Å². The second-order valence-corrected chi connectivity index (χ2v) is 8.31. The van der Waals surface area contributed by atoms with Crippen LogP contribution in [0.2, 0.25) is 0 Å². The van der Waals surface area contributed by atoms with Crippen LogP contribution < -0.4 is 14.4 Å². The summed E-state index contributed by atoms with van der Waals surface area (Å²) < 4.78 is 25.4. The first-order valence-electron chi connectivity index (χ1n) is 9.44. The zero-order valence-electron chi connectivity index (χ0n) is 16.6. The maximum absolute atomic E-state index is 13.9. The zero-order chi connectivity index (χ0) is 21.8. The molecule has 3 aromatic rings. The fourth-order valence-electron chi connectivity index (χ4n) is 3.07. The Morgan fingerprint density at radius 1 is 1.03 bits per heavy atom. The summed E-state index contributed by atoms with van der Waals surface area (Å²) in [5, 5.41) is 0. The Balaban J connectivity index is 1.56. The lowest BCUT2D eigenvalue weighted by Crippen LogP contribution is -2.27. The standard InChI is InChI=1S/C24H18FNO3S2/c1-28-19-12-10-18(11-13-19)26-23(27)22(31-24(26)30)14-16-6-3-5-9-21(16)29-15-17-7-2-4-8-20(17)25/h2-14H,15H2,1H3/b22-14+. The van der Waals surface area contributed by atoms with Gasteiger partial charge in [-0.15, -0.1) is 0 Å². The highest BCUT2D eigenvalue weighted by atomic mass is 32.2.